The molecule has 1 amide bonds. The number of benzene rings is 3. The van der Waals surface area contributed by atoms with Crippen LogP contribution in [0.2, 0.25) is 0 Å². The van der Waals surface area contributed by atoms with E-state index in [2.05, 4.69) is 5.32 Å². The summed E-state index contributed by atoms with van der Waals surface area (Å²) in [6.45, 7) is 0.989. The lowest BCUT2D eigenvalue weighted by Gasteiger charge is -2.21. The molecule has 0 heterocycles. The van der Waals surface area contributed by atoms with E-state index < -0.39 is 0 Å². The quantitative estimate of drug-likeness (QED) is 0.417. The van der Waals surface area contributed by atoms with Crippen LogP contribution in [-0.2, 0) is 17.8 Å². The molecule has 0 aliphatic heterocycles. The minimum absolute atomic E-state index is 0.0644. The van der Waals surface area contributed by atoms with E-state index >= 15 is 0 Å². The Labute approximate surface area is 183 Å². The second-order valence-corrected chi connectivity index (χ2v) is 6.96. The van der Waals surface area contributed by atoms with E-state index in [1.165, 1.54) is 0 Å². The standard InChI is InChI=1S/C26H25N3O2/c1-31-25-14-12-21(13-15-25)16-17-28-26(30)23(18-27)20-29(24-10-6-3-7-11-24)19-22-8-4-2-5-9-22/h2-15,20H,16-17,19H2,1H3,(H,28,30)/b23-20-. The van der Waals surface area contributed by atoms with Crippen molar-refractivity contribution < 1.29 is 9.53 Å². The molecule has 0 saturated carbocycles. The third kappa shape index (κ3) is 6.48. The van der Waals surface area contributed by atoms with Crippen molar-refractivity contribution in [3.8, 4) is 11.8 Å². The van der Waals surface area contributed by atoms with Gasteiger partial charge in [-0.1, -0.05) is 60.7 Å². The number of nitrogens with one attached hydrogen (secondary N) is 1. The van der Waals surface area contributed by atoms with Crippen LogP contribution in [0, 0.1) is 11.3 Å². The first kappa shape index (κ1) is 21.7. The van der Waals surface area contributed by atoms with Crippen molar-refractivity contribution in [2.45, 2.75) is 13.0 Å². The molecule has 0 saturated heterocycles. The number of carbonyl (C=O) groups excluding carboxylic acids is 1. The molecule has 5 heteroatoms. The molecular formula is C26H25N3O2. The summed E-state index contributed by atoms with van der Waals surface area (Å²) in [5.74, 6) is 0.409. The zero-order valence-electron chi connectivity index (χ0n) is 17.5. The summed E-state index contributed by atoms with van der Waals surface area (Å²) in [5.41, 5.74) is 3.14. The van der Waals surface area contributed by atoms with Gasteiger partial charge in [-0.2, -0.15) is 5.26 Å². The fraction of sp³-hybridized carbons (Fsp3) is 0.154. The highest BCUT2D eigenvalue weighted by Gasteiger charge is 2.13. The Morgan fingerprint density at radius 1 is 0.968 bits per heavy atom. The van der Waals surface area contributed by atoms with Gasteiger partial charge in [0.25, 0.3) is 5.91 Å². The van der Waals surface area contributed by atoms with Crippen LogP contribution in [0.3, 0.4) is 0 Å². The Morgan fingerprint density at radius 2 is 1.61 bits per heavy atom. The largest absolute Gasteiger partial charge is 0.497 e. The van der Waals surface area contributed by atoms with E-state index in [9.17, 15) is 10.1 Å². The number of rotatable bonds is 9. The zero-order chi connectivity index (χ0) is 21.9. The molecule has 0 bridgehead atoms. The number of carbonyl (C=O) groups is 1. The van der Waals surface area contributed by atoms with Crippen LogP contribution in [0.4, 0.5) is 5.69 Å². The molecule has 0 spiro atoms. The highest BCUT2D eigenvalue weighted by molar-refractivity contribution is 5.97. The van der Waals surface area contributed by atoms with Crippen LogP contribution in [0.25, 0.3) is 0 Å². The average molecular weight is 412 g/mol. The third-order valence-electron chi connectivity index (χ3n) is 4.79. The number of hydrogen-bond acceptors (Lipinski definition) is 4. The van der Waals surface area contributed by atoms with Gasteiger partial charge in [-0.3, -0.25) is 4.79 Å². The normalized spacial score (nSPS) is 10.8. The molecule has 3 aromatic carbocycles. The van der Waals surface area contributed by atoms with Crippen LogP contribution in [0.15, 0.2) is 96.7 Å². The van der Waals surface area contributed by atoms with Gasteiger partial charge in [-0.25, -0.2) is 0 Å². The number of hydrogen-bond donors (Lipinski definition) is 1. The minimum atomic E-state index is -0.384. The summed E-state index contributed by atoms with van der Waals surface area (Å²) < 4.78 is 5.16. The smallest absolute Gasteiger partial charge is 0.263 e. The number of methoxy groups -OCH3 is 1. The molecule has 0 aromatic heterocycles. The third-order valence-corrected chi connectivity index (χ3v) is 4.79. The number of anilines is 1. The number of para-hydroxylation sites is 1. The fourth-order valence-corrected chi connectivity index (χ4v) is 3.11. The van der Waals surface area contributed by atoms with Gasteiger partial charge in [-0.15, -0.1) is 0 Å². The molecule has 3 aromatic rings. The van der Waals surface area contributed by atoms with Crippen LogP contribution < -0.4 is 15.0 Å². The molecule has 5 nitrogen and oxygen atoms in total. The lowest BCUT2D eigenvalue weighted by molar-refractivity contribution is -0.117. The Balaban J connectivity index is 1.69. The number of nitriles is 1. The van der Waals surface area contributed by atoms with Gasteiger partial charge in [-0.05, 0) is 41.8 Å². The molecule has 0 unspecified atom stereocenters. The number of amides is 1. The number of ether oxygens (including phenoxy) is 1. The molecule has 0 radical (unpaired) electrons. The lowest BCUT2D eigenvalue weighted by atomic mass is 10.1. The fourth-order valence-electron chi connectivity index (χ4n) is 3.11. The maximum absolute atomic E-state index is 12.6. The average Bonchev–Trinajstić information content (AvgIpc) is 2.83. The molecular weight excluding hydrogens is 386 g/mol. The van der Waals surface area contributed by atoms with Crippen LogP contribution in [-0.4, -0.2) is 19.6 Å². The summed E-state index contributed by atoms with van der Waals surface area (Å²) >= 11 is 0. The Kier molecular flexibility index (Phi) is 7.84. The van der Waals surface area contributed by atoms with E-state index in [1.54, 1.807) is 13.3 Å². The zero-order valence-corrected chi connectivity index (χ0v) is 17.5. The summed E-state index contributed by atoms with van der Waals surface area (Å²) in [7, 11) is 1.63. The van der Waals surface area contributed by atoms with Crippen molar-refractivity contribution >= 4 is 11.6 Å². The first-order valence-corrected chi connectivity index (χ1v) is 10.1. The lowest BCUT2D eigenvalue weighted by Crippen LogP contribution is -2.28. The molecule has 0 aliphatic carbocycles. The molecule has 3 rings (SSSR count). The van der Waals surface area contributed by atoms with E-state index in [-0.39, 0.29) is 11.5 Å². The van der Waals surface area contributed by atoms with Crippen molar-refractivity contribution in [2.24, 2.45) is 0 Å². The molecule has 31 heavy (non-hydrogen) atoms. The van der Waals surface area contributed by atoms with Gasteiger partial charge in [0.1, 0.15) is 17.4 Å². The van der Waals surface area contributed by atoms with E-state index in [1.807, 2.05) is 95.9 Å². The predicted octanol–water partition coefficient (Wildman–Crippen LogP) is 4.47. The molecule has 1 N–H and O–H groups in total. The summed E-state index contributed by atoms with van der Waals surface area (Å²) in [4.78, 5) is 14.5. The van der Waals surface area contributed by atoms with Crippen molar-refractivity contribution in [1.82, 2.24) is 5.32 Å². The van der Waals surface area contributed by atoms with Crippen LogP contribution in [0.1, 0.15) is 11.1 Å². The maximum atomic E-state index is 12.6. The van der Waals surface area contributed by atoms with Gasteiger partial charge in [0, 0.05) is 25.0 Å². The SMILES string of the molecule is COc1ccc(CCNC(=O)/C(C#N)=C\N(Cc2ccccc2)c2ccccc2)cc1. The summed E-state index contributed by atoms with van der Waals surface area (Å²) in [6, 6.07) is 29.4. The van der Waals surface area contributed by atoms with Gasteiger partial charge in [0.15, 0.2) is 0 Å². The first-order chi connectivity index (χ1) is 15.2. The molecule has 0 fully saturated rings. The van der Waals surface area contributed by atoms with Crippen LogP contribution in [0.5, 0.6) is 5.75 Å². The van der Waals surface area contributed by atoms with E-state index in [0.29, 0.717) is 19.5 Å². The maximum Gasteiger partial charge on any atom is 0.263 e. The van der Waals surface area contributed by atoms with Gasteiger partial charge < -0.3 is 15.0 Å². The van der Waals surface area contributed by atoms with Gasteiger partial charge in [0.05, 0.1) is 7.11 Å². The van der Waals surface area contributed by atoms with Crippen LogP contribution >= 0.6 is 0 Å². The van der Waals surface area contributed by atoms with Crippen molar-refractivity contribution in [3.63, 3.8) is 0 Å². The Hall–Kier alpha value is -4.04. The summed E-state index contributed by atoms with van der Waals surface area (Å²) in [6.07, 6.45) is 2.28. The highest BCUT2D eigenvalue weighted by atomic mass is 16.5. The molecule has 0 atom stereocenters. The molecule has 0 aliphatic rings. The van der Waals surface area contributed by atoms with Crippen molar-refractivity contribution in [2.75, 3.05) is 18.6 Å². The van der Waals surface area contributed by atoms with Crippen molar-refractivity contribution in [1.29, 1.82) is 5.26 Å². The second kappa shape index (κ2) is 11.2. The van der Waals surface area contributed by atoms with E-state index in [0.717, 1.165) is 22.6 Å². The van der Waals surface area contributed by atoms with Gasteiger partial charge in [0.2, 0.25) is 0 Å². The summed E-state index contributed by atoms with van der Waals surface area (Å²) in [5, 5.41) is 12.5. The highest BCUT2D eigenvalue weighted by Crippen LogP contribution is 2.18. The first-order valence-electron chi connectivity index (χ1n) is 10.1. The Morgan fingerprint density at radius 3 is 2.23 bits per heavy atom. The second-order valence-electron chi connectivity index (χ2n) is 6.96. The predicted molar refractivity (Wildman–Crippen MR) is 122 cm³/mol. The number of nitrogens with zero attached hydrogens (tertiary/aromatic N) is 2. The Bertz CT molecular complexity index is 1040. The van der Waals surface area contributed by atoms with Gasteiger partial charge >= 0.3 is 0 Å². The van der Waals surface area contributed by atoms with E-state index in [4.69, 9.17) is 4.74 Å². The topological polar surface area (TPSA) is 65.4 Å². The molecule has 156 valence electrons. The monoisotopic (exact) mass is 411 g/mol. The van der Waals surface area contributed by atoms with Crippen molar-refractivity contribution in [3.05, 3.63) is 108 Å². The minimum Gasteiger partial charge on any atom is -0.497 e.